The first-order valence-electron chi connectivity index (χ1n) is 15.3. The second-order valence-electron chi connectivity index (χ2n) is 12.1. The molecule has 9 heteroatoms. The van der Waals surface area contributed by atoms with Gasteiger partial charge in [-0.15, -0.1) is 0 Å². The molecule has 0 heterocycles. The van der Waals surface area contributed by atoms with E-state index in [0.717, 1.165) is 25.7 Å². The van der Waals surface area contributed by atoms with Gasteiger partial charge in [0.1, 0.15) is 25.4 Å². The van der Waals surface area contributed by atoms with Crippen molar-refractivity contribution in [3.8, 4) is 0 Å². The number of carbonyl (C=O) groups is 2. The van der Waals surface area contributed by atoms with Crippen LogP contribution in [0.2, 0.25) is 0 Å². The summed E-state index contributed by atoms with van der Waals surface area (Å²) < 4.78 is 31.6. The lowest BCUT2D eigenvalue weighted by Crippen LogP contribution is -2.36. The molecule has 236 valence electrons. The number of methoxy groups -OCH3 is 1. The molecule has 0 unspecified atom stereocenters. The molecule has 2 rings (SSSR count). The topological polar surface area (TPSA) is 110 Å². The van der Waals surface area contributed by atoms with Crippen LogP contribution < -0.4 is 0 Å². The molecule has 1 N–H and O–H groups in total. The van der Waals surface area contributed by atoms with E-state index in [2.05, 4.69) is 41.5 Å². The highest BCUT2D eigenvalue weighted by atomic mass is 16.6. The first kappa shape index (κ1) is 36.8. The molecule has 0 saturated heterocycles. The number of aliphatic hydroxyl groups excluding tert-OH is 1. The van der Waals surface area contributed by atoms with Gasteiger partial charge in [-0.1, -0.05) is 54.4 Å². The molecule has 0 bridgehead atoms. The lowest BCUT2D eigenvalue weighted by Gasteiger charge is -2.36. The van der Waals surface area contributed by atoms with Crippen LogP contribution >= 0.6 is 0 Å². The number of rotatable bonds is 16. The van der Waals surface area contributed by atoms with Gasteiger partial charge in [-0.05, 0) is 61.2 Å². The van der Waals surface area contributed by atoms with Crippen molar-refractivity contribution in [1.82, 2.24) is 0 Å². The van der Waals surface area contributed by atoms with Crippen LogP contribution in [0.4, 0.5) is 0 Å². The molecule has 0 aromatic carbocycles. The Bertz CT molecular complexity index is 669. The Balaban J connectivity index is 0.000000408. The number of carbonyl (C=O) groups excluding carboxylic acids is 2. The van der Waals surface area contributed by atoms with Gasteiger partial charge >= 0.3 is 11.9 Å². The summed E-state index contributed by atoms with van der Waals surface area (Å²) in [6.07, 6.45) is 6.71. The maximum absolute atomic E-state index is 11.9. The van der Waals surface area contributed by atoms with Crippen molar-refractivity contribution in [1.29, 1.82) is 0 Å². The van der Waals surface area contributed by atoms with Gasteiger partial charge < -0.3 is 33.5 Å². The smallest absolute Gasteiger partial charge is 0.332 e. The first-order valence-corrected chi connectivity index (χ1v) is 15.3. The summed E-state index contributed by atoms with van der Waals surface area (Å²) in [6, 6.07) is 0. The third-order valence-electron chi connectivity index (χ3n) is 7.97. The fourth-order valence-corrected chi connectivity index (χ4v) is 5.64. The summed E-state index contributed by atoms with van der Waals surface area (Å²) in [6.45, 7) is 15.2. The van der Waals surface area contributed by atoms with Crippen molar-refractivity contribution < 1.29 is 43.1 Å². The van der Waals surface area contributed by atoms with Gasteiger partial charge in [0.2, 0.25) is 0 Å². The SMILES string of the molecule is CC(C)[C@@H]1CC[C@@H](C)C[C@H]1OC(=O)COCCO.COCCOCCOCC(=O)O[C@@H]1C[C@H](C)CC[C@H]1C(C)C. The van der Waals surface area contributed by atoms with Gasteiger partial charge in [0.15, 0.2) is 0 Å². The fraction of sp³-hybridized carbons (Fsp3) is 0.935. The highest BCUT2D eigenvalue weighted by Crippen LogP contribution is 2.36. The van der Waals surface area contributed by atoms with Gasteiger partial charge in [0, 0.05) is 7.11 Å². The number of ether oxygens (including phenoxy) is 6. The monoisotopic (exact) mass is 574 g/mol. The standard InChI is InChI=1S/C17H32O5.C14H26O4/c1-13(2)15-6-5-14(3)11-16(15)22-17(18)12-21-10-9-20-8-7-19-4;1-10(2)12-5-4-11(3)8-13(12)18-14(16)9-17-7-6-15/h13-16H,5-12H2,1-4H3;10-13,15H,4-9H2,1-3H3/t14-,15+,16-;11-,12+,13-/m11/s1. The largest absolute Gasteiger partial charge is 0.460 e. The Labute approximate surface area is 242 Å². The molecular formula is C31H58O9. The quantitative estimate of drug-likeness (QED) is 0.208. The maximum atomic E-state index is 11.9. The number of hydrogen-bond donors (Lipinski definition) is 1. The number of aliphatic hydroxyl groups is 1. The zero-order chi connectivity index (χ0) is 29.9. The Morgan fingerprint density at radius 2 is 1.10 bits per heavy atom. The van der Waals surface area contributed by atoms with E-state index in [1.165, 1.54) is 12.8 Å². The van der Waals surface area contributed by atoms with Crippen molar-refractivity contribution in [3.05, 3.63) is 0 Å². The molecule has 0 aromatic heterocycles. The number of esters is 2. The van der Waals surface area contributed by atoms with Crippen LogP contribution in [0.25, 0.3) is 0 Å². The maximum Gasteiger partial charge on any atom is 0.332 e. The van der Waals surface area contributed by atoms with Gasteiger partial charge in [-0.25, -0.2) is 9.59 Å². The van der Waals surface area contributed by atoms with Gasteiger partial charge in [-0.2, -0.15) is 0 Å². The molecule has 9 nitrogen and oxygen atoms in total. The molecule has 0 radical (unpaired) electrons. The van der Waals surface area contributed by atoms with Crippen molar-refractivity contribution >= 4 is 11.9 Å². The lowest BCUT2D eigenvalue weighted by molar-refractivity contribution is -0.162. The minimum atomic E-state index is -0.312. The summed E-state index contributed by atoms with van der Waals surface area (Å²) in [5.74, 6) is 2.68. The summed E-state index contributed by atoms with van der Waals surface area (Å²) in [5, 5.41) is 8.57. The normalized spacial score (nSPS) is 26.8. The molecule has 6 atom stereocenters. The molecule has 2 aliphatic rings. The Morgan fingerprint density at radius 3 is 1.52 bits per heavy atom. The van der Waals surface area contributed by atoms with Crippen LogP contribution in [0.5, 0.6) is 0 Å². The first-order chi connectivity index (χ1) is 19.1. The van der Waals surface area contributed by atoms with E-state index in [0.29, 0.717) is 61.9 Å². The molecule has 2 aliphatic carbocycles. The Hall–Kier alpha value is -1.26. The van der Waals surface area contributed by atoms with Gasteiger partial charge in [0.05, 0.1) is 39.6 Å². The summed E-state index contributed by atoms with van der Waals surface area (Å²) >= 11 is 0. The molecule has 0 spiro atoms. The minimum absolute atomic E-state index is 0.00331. The highest BCUT2D eigenvalue weighted by molar-refractivity contribution is 5.71. The van der Waals surface area contributed by atoms with Crippen LogP contribution in [0.1, 0.15) is 80.1 Å². The molecule has 0 aromatic rings. The molecule has 0 aliphatic heterocycles. The minimum Gasteiger partial charge on any atom is -0.460 e. The van der Waals surface area contributed by atoms with Crippen molar-refractivity contribution in [2.75, 3.05) is 60.0 Å². The molecular weight excluding hydrogens is 516 g/mol. The third-order valence-corrected chi connectivity index (χ3v) is 7.97. The second kappa shape index (κ2) is 21.4. The summed E-state index contributed by atoms with van der Waals surface area (Å²) in [5.41, 5.74) is 0. The Morgan fingerprint density at radius 1 is 0.675 bits per heavy atom. The predicted molar refractivity (Wildman–Crippen MR) is 154 cm³/mol. The van der Waals surface area contributed by atoms with E-state index in [1.54, 1.807) is 7.11 Å². The highest BCUT2D eigenvalue weighted by Gasteiger charge is 2.34. The predicted octanol–water partition coefficient (Wildman–Crippen LogP) is 4.67. The van der Waals surface area contributed by atoms with E-state index in [4.69, 9.17) is 33.5 Å². The molecule has 2 saturated carbocycles. The van der Waals surface area contributed by atoms with Crippen LogP contribution in [0.15, 0.2) is 0 Å². The second-order valence-corrected chi connectivity index (χ2v) is 12.1. The van der Waals surface area contributed by atoms with E-state index in [-0.39, 0.29) is 50.6 Å². The van der Waals surface area contributed by atoms with E-state index < -0.39 is 0 Å². The summed E-state index contributed by atoms with van der Waals surface area (Å²) in [7, 11) is 1.63. The average molecular weight is 575 g/mol. The average Bonchev–Trinajstić information content (AvgIpc) is 2.88. The molecule has 0 amide bonds. The van der Waals surface area contributed by atoms with E-state index >= 15 is 0 Å². The van der Waals surface area contributed by atoms with Crippen LogP contribution in [-0.4, -0.2) is 89.2 Å². The van der Waals surface area contributed by atoms with Gasteiger partial charge in [-0.3, -0.25) is 0 Å². The summed E-state index contributed by atoms with van der Waals surface area (Å²) in [4.78, 5) is 23.5. The number of hydrogen-bond acceptors (Lipinski definition) is 9. The zero-order valence-electron chi connectivity index (χ0n) is 26.2. The van der Waals surface area contributed by atoms with Crippen LogP contribution in [0, 0.1) is 35.5 Å². The Kier molecular flexibility index (Phi) is 19.7. The zero-order valence-corrected chi connectivity index (χ0v) is 26.2. The van der Waals surface area contributed by atoms with Crippen molar-refractivity contribution in [2.45, 2.75) is 92.3 Å². The van der Waals surface area contributed by atoms with Crippen LogP contribution in [-0.2, 0) is 38.0 Å². The molecule has 2 fully saturated rings. The van der Waals surface area contributed by atoms with Gasteiger partial charge in [0.25, 0.3) is 0 Å². The van der Waals surface area contributed by atoms with E-state index in [9.17, 15) is 9.59 Å². The molecule has 40 heavy (non-hydrogen) atoms. The van der Waals surface area contributed by atoms with Crippen LogP contribution in [0.3, 0.4) is 0 Å². The van der Waals surface area contributed by atoms with E-state index in [1.807, 2.05) is 0 Å². The lowest BCUT2D eigenvalue weighted by atomic mass is 9.75. The fourth-order valence-electron chi connectivity index (χ4n) is 5.64. The third kappa shape index (κ3) is 15.7. The van der Waals surface area contributed by atoms with Crippen molar-refractivity contribution in [3.63, 3.8) is 0 Å². The van der Waals surface area contributed by atoms with Crippen molar-refractivity contribution in [2.24, 2.45) is 35.5 Å².